The zero-order valence-electron chi connectivity index (χ0n) is 11.9. The van der Waals surface area contributed by atoms with Crippen molar-refractivity contribution in [2.75, 3.05) is 13.2 Å². The number of ether oxygens (including phenoxy) is 1. The zero-order chi connectivity index (χ0) is 13.8. The van der Waals surface area contributed by atoms with E-state index in [0.717, 1.165) is 31.0 Å². The molecular weight excluding hydrogens is 244 g/mol. The number of aromatic nitrogens is 3. The fraction of sp³-hybridized carbons (Fsp3) is 0.769. The van der Waals surface area contributed by atoms with E-state index in [9.17, 15) is 4.79 Å². The van der Waals surface area contributed by atoms with E-state index in [2.05, 4.69) is 21.7 Å². The van der Waals surface area contributed by atoms with Crippen LogP contribution in [0.4, 0.5) is 0 Å². The second-order valence-electron chi connectivity index (χ2n) is 4.94. The summed E-state index contributed by atoms with van der Waals surface area (Å²) in [4.78, 5) is 14.1. The van der Waals surface area contributed by atoms with Crippen LogP contribution in [-0.2, 0) is 22.6 Å². The van der Waals surface area contributed by atoms with E-state index >= 15 is 0 Å². The number of amides is 1. The predicted octanol–water partition coefficient (Wildman–Crippen LogP) is 1.13. The minimum Gasteiger partial charge on any atom is -0.369 e. The van der Waals surface area contributed by atoms with Gasteiger partial charge in [0.2, 0.25) is 0 Å². The lowest BCUT2D eigenvalue weighted by atomic mass is 10.2. The van der Waals surface area contributed by atoms with Crippen molar-refractivity contribution in [2.24, 2.45) is 0 Å². The molecule has 6 heteroatoms. The van der Waals surface area contributed by atoms with Crippen LogP contribution in [0.3, 0.4) is 0 Å². The van der Waals surface area contributed by atoms with Crippen LogP contribution in [0.15, 0.2) is 0 Å². The number of unbranched alkanes of at least 4 members (excludes halogenated alkanes) is 1. The van der Waals surface area contributed by atoms with Crippen LogP contribution in [0.25, 0.3) is 0 Å². The maximum absolute atomic E-state index is 12.3. The summed E-state index contributed by atoms with van der Waals surface area (Å²) in [5.74, 6) is 1.82. The quantitative estimate of drug-likeness (QED) is 0.750. The number of fused-ring (bicyclic) bond motifs is 1. The fourth-order valence-electron chi connectivity index (χ4n) is 2.22. The van der Waals surface area contributed by atoms with Crippen molar-refractivity contribution < 1.29 is 9.53 Å². The molecule has 106 valence electrons. The fourth-order valence-corrected chi connectivity index (χ4v) is 2.22. The van der Waals surface area contributed by atoms with Gasteiger partial charge in [-0.25, -0.2) is 0 Å². The first kappa shape index (κ1) is 14.0. The number of hydrogen-bond acceptors (Lipinski definition) is 4. The van der Waals surface area contributed by atoms with Gasteiger partial charge in [-0.05, 0) is 20.3 Å². The van der Waals surface area contributed by atoms with Gasteiger partial charge in [0.15, 0.2) is 5.82 Å². The van der Waals surface area contributed by atoms with Crippen LogP contribution < -0.4 is 0 Å². The average molecular weight is 266 g/mol. The third-order valence-corrected chi connectivity index (χ3v) is 3.46. The molecule has 1 aromatic rings. The number of rotatable bonds is 5. The van der Waals surface area contributed by atoms with Gasteiger partial charge in [-0.15, -0.1) is 10.2 Å². The summed E-state index contributed by atoms with van der Waals surface area (Å²) >= 11 is 0. The normalized spacial score (nSPS) is 16.3. The van der Waals surface area contributed by atoms with E-state index in [1.807, 2.05) is 13.8 Å². The van der Waals surface area contributed by atoms with Gasteiger partial charge < -0.3 is 14.2 Å². The summed E-state index contributed by atoms with van der Waals surface area (Å²) in [5.41, 5.74) is 0. The maximum Gasteiger partial charge on any atom is 0.251 e. The van der Waals surface area contributed by atoms with Crippen molar-refractivity contribution in [3.05, 3.63) is 11.6 Å². The van der Waals surface area contributed by atoms with E-state index in [1.54, 1.807) is 4.90 Å². The number of hydrogen-bond donors (Lipinski definition) is 0. The van der Waals surface area contributed by atoms with Gasteiger partial charge in [-0.1, -0.05) is 13.3 Å². The van der Waals surface area contributed by atoms with Gasteiger partial charge in [-0.3, -0.25) is 4.79 Å². The van der Waals surface area contributed by atoms with E-state index in [4.69, 9.17) is 4.74 Å². The molecule has 1 atom stereocenters. The summed E-state index contributed by atoms with van der Waals surface area (Å²) in [6, 6.07) is 0. The molecule has 0 fully saturated rings. The van der Waals surface area contributed by atoms with Gasteiger partial charge in [0, 0.05) is 19.7 Å². The predicted molar refractivity (Wildman–Crippen MR) is 70.5 cm³/mol. The molecule has 0 saturated carbocycles. The van der Waals surface area contributed by atoms with Crippen molar-refractivity contribution in [3.8, 4) is 0 Å². The van der Waals surface area contributed by atoms with Gasteiger partial charge in [0.05, 0.1) is 6.54 Å². The smallest absolute Gasteiger partial charge is 0.251 e. The molecule has 0 spiro atoms. The van der Waals surface area contributed by atoms with Gasteiger partial charge >= 0.3 is 0 Å². The summed E-state index contributed by atoms with van der Waals surface area (Å²) in [7, 11) is 0. The van der Waals surface area contributed by atoms with Gasteiger partial charge in [-0.2, -0.15) is 0 Å². The molecule has 1 aliphatic rings. The Morgan fingerprint density at radius 3 is 2.95 bits per heavy atom. The molecule has 0 radical (unpaired) electrons. The summed E-state index contributed by atoms with van der Waals surface area (Å²) < 4.78 is 7.62. The molecule has 0 aliphatic carbocycles. The van der Waals surface area contributed by atoms with E-state index in [-0.39, 0.29) is 12.0 Å². The number of carbonyl (C=O) groups is 1. The van der Waals surface area contributed by atoms with Gasteiger partial charge in [0.25, 0.3) is 5.91 Å². The molecular formula is C13H22N4O2. The molecule has 0 bridgehead atoms. The Morgan fingerprint density at radius 2 is 2.21 bits per heavy atom. The molecule has 2 heterocycles. The third kappa shape index (κ3) is 3.12. The van der Waals surface area contributed by atoms with Crippen LogP contribution in [0.5, 0.6) is 0 Å². The second kappa shape index (κ2) is 6.14. The van der Waals surface area contributed by atoms with Crippen LogP contribution >= 0.6 is 0 Å². The van der Waals surface area contributed by atoms with Crippen LogP contribution in [-0.4, -0.2) is 44.8 Å². The second-order valence-corrected chi connectivity index (χ2v) is 4.94. The van der Waals surface area contributed by atoms with Crippen LogP contribution in [0, 0.1) is 6.92 Å². The highest BCUT2D eigenvalue weighted by Gasteiger charge is 2.26. The van der Waals surface area contributed by atoms with Crippen molar-refractivity contribution >= 4 is 5.91 Å². The molecule has 0 aromatic carbocycles. The number of nitrogens with zero attached hydrogens (tertiary/aromatic N) is 4. The monoisotopic (exact) mass is 266 g/mol. The van der Waals surface area contributed by atoms with Gasteiger partial charge in [0.1, 0.15) is 11.9 Å². The lowest BCUT2D eigenvalue weighted by Crippen LogP contribution is -2.43. The topological polar surface area (TPSA) is 60.2 Å². The molecule has 6 nitrogen and oxygen atoms in total. The van der Waals surface area contributed by atoms with E-state index in [1.165, 1.54) is 0 Å². The Morgan fingerprint density at radius 1 is 1.42 bits per heavy atom. The first-order chi connectivity index (χ1) is 9.13. The highest BCUT2D eigenvalue weighted by atomic mass is 16.5. The van der Waals surface area contributed by atoms with Crippen LogP contribution in [0.2, 0.25) is 0 Å². The summed E-state index contributed by atoms with van der Waals surface area (Å²) in [5, 5.41) is 8.14. The first-order valence-electron chi connectivity index (χ1n) is 6.92. The molecule has 2 rings (SSSR count). The highest BCUT2D eigenvalue weighted by molar-refractivity contribution is 5.80. The van der Waals surface area contributed by atoms with Crippen LogP contribution in [0.1, 0.15) is 38.3 Å². The first-order valence-corrected chi connectivity index (χ1v) is 6.92. The number of aryl methyl sites for hydroxylation is 1. The number of carbonyl (C=O) groups excluding carboxylic acids is 1. The zero-order valence-corrected chi connectivity index (χ0v) is 11.9. The molecule has 1 amide bonds. The summed E-state index contributed by atoms with van der Waals surface area (Å²) in [6.45, 7) is 8.50. The molecule has 0 saturated heterocycles. The van der Waals surface area contributed by atoms with Crippen molar-refractivity contribution in [1.82, 2.24) is 19.7 Å². The SMILES string of the molecule is CCCCO[C@@H](C)C(=O)N1CCn2c(C)nnc2C1. The summed E-state index contributed by atoms with van der Waals surface area (Å²) in [6.07, 6.45) is 1.69. The van der Waals surface area contributed by atoms with E-state index < -0.39 is 0 Å². The minimum atomic E-state index is -0.373. The Hall–Kier alpha value is -1.43. The van der Waals surface area contributed by atoms with Crippen molar-refractivity contribution in [1.29, 1.82) is 0 Å². The lowest BCUT2D eigenvalue weighted by Gasteiger charge is -2.29. The Kier molecular flexibility index (Phi) is 4.52. The molecule has 1 aliphatic heterocycles. The van der Waals surface area contributed by atoms with Crippen molar-refractivity contribution in [3.63, 3.8) is 0 Å². The lowest BCUT2D eigenvalue weighted by molar-refractivity contribution is -0.144. The maximum atomic E-state index is 12.3. The average Bonchev–Trinajstić information content (AvgIpc) is 2.79. The minimum absolute atomic E-state index is 0.0445. The third-order valence-electron chi connectivity index (χ3n) is 3.46. The standard InChI is InChI=1S/C13H22N4O2/c1-4-5-8-19-10(2)13(18)16-6-7-17-11(3)14-15-12(17)9-16/h10H,4-9H2,1-3H3/t10-/m0/s1. The Labute approximate surface area is 113 Å². The van der Waals surface area contributed by atoms with E-state index in [0.29, 0.717) is 19.7 Å². The molecule has 19 heavy (non-hydrogen) atoms. The molecule has 0 N–H and O–H groups in total. The molecule has 1 aromatic heterocycles. The van der Waals surface area contributed by atoms with Crippen molar-refractivity contribution in [2.45, 2.75) is 52.8 Å². The Bertz CT molecular complexity index is 444. The Balaban J connectivity index is 1.91. The largest absolute Gasteiger partial charge is 0.369 e. The highest BCUT2D eigenvalue weighted by Crippen LogP contribution is 2.13. The molecule has 0 unspecified atom stereocenters.